The normalized spacial score (nSPS) is 10.9. The fourth-order valence-electron chi connectivity index (χ4n) is 3.71. The van der Waals surface area contributed by atoms with E-state index in [1.54, 1.807) is 42.2 Å². The van der Waals surface area contributed by atoms with Gasteiger partial charge in [-0.3, -0.25) is 9.78 Å². The first-order valence-corrected chi connectivity index (χ1v) is 10.2. The molecule has 0 spiro atoms. The molecule has 0 aliphatic heterocycles. The predicted octanol–water partition coefficient (Wildman–Crippen LogP) is 2.60. The molecule has 4 heterocycles. The van der Waals surface area contributed by atoms with Crippen LogP contribution >= 0.6 is 0 Å². The van der Waals surface area contributed by atoms with Crippen LogP contribution in [-0.4, -0.2) is 29.1 Å². The van der Waals surface area contributed by atoms with Crippen LogP contribution in [0.5, 0.6) is 0 Å². The lowest BCUT2D eigenvalue weighted by atomic mass is 10.0. The van der Waals surface area contributed by atoms with Crippen LogP contribution in [0.4, 0.5) is 5.82 Å². The average molecular weight is 434 g/mol. The van der Waals surface area contributed by atoms with Crippen molar-refractivity contribution in [3.63, 3.8) is 0 Å². The highest BCUT2D eigenvalue weighted by Crippen LogP contribution is 2.34. The van der Waals surface area contributed by atoms with Crippen molar-refractivity contribution in [2.75, 3.05) is 5.73 Å². The van der Waals surface area contributed by atoms with Gasteiger partial charge in [-0.1, -0.05) is 24.3 Å². The third-order valence-corrected chi connectivity index (χ3v) is 5.28. The molecule has 9 nitrogen and oxygen atoms in total. The molecule has 0 aliphatic rings. The van der Waals surface area contributed by atoms with E-state index in [1.165, 1.54) is 10.6 Å². The van der Waals surface area contributed by atoms with Gasteiger partial charge in [-0.15, -0.1) is 0 Å². The Morgan fingerprint density at radius 3 is 2.64 bits per heavy atom. The van der Waals surface area contributed by atoms with Crippen molar-refractivity contribution < 1.29 is 0 Å². The van der Waals surface area contributed by atoms with Gasteiger partial charge in [-0.25, -0.2) is 14.5 Å². The Balaban J connectivity index is 1.81. The molecule has 1 aromatic carbocycles. The Hall–Kier alpha value is -4.84. The predicted molar refractivity (Wildman–Crippen MR) is 123 cm³/mol. The molecule has 5 aromatic rings. The molecule has 0 amide bonds. The van der Waals surface area contributed by atoms with E-state index >= 15 is 0 Å². The van der Waals surface area contributed by atoms with Gasteiger partial charge >= 0.3 is 0 Å². The number of nitrogens with two attached hydrogens (primary N) is 1. The van der Waals surface area contributed by atoms with E-state index in [4.69, 9.17) is 10.8 Å². The monoisotopic (exact) mass is 434 g/mol. The third-order valence-electron chi connectivity index (χ3n) is 5.28. The van der Waals surface area contributed by atoms with Gasteiger partial charge in [0.25, 0.3) is 0 Å². The fourth-order valence-corrected chi connectivity index (χ4v) is 3.71. The molecule has 0 radical (unpaired) electrons. The second-order valence-electron chi connectivity index (χ2n) is 7.48. The summed E-state index contributed by atoms with van der Waals surface area (Å²) in [7, 11) is 1.67. The topological polar surface area (TPSA) is 128 Å². The van der Waals surface area contributed by atoms with Gasteiger partial charge in [0, 0.05) is 42.3 Å². The average Bonchev–Trinajstić information content (AvgIpc) is 3.25. The minimum absolute atomic E-state index is 0.146. The second kappa shape index (κ2) is 8.01. The molecule has 0 atom stereocenters. The van der Waals surface area contributed by atoms with Gasteiger partial charge < -0.3 is 10.3 Å². The minimum atomic E-state index is -0.146. The number of benzene rings is 1. The lowest BCUT2D eigenvalue weighted by molar-refractivity contribution is 0.854. The molecule has 0 aliphatic carbocycles. The van der Waals surface area contributed by atoms with Crippen molar-refractivity contribution in [3.05, 3.63) is 94.4 Å². The van der Waals surface area contributed by atoms with Gasteiger partial charge in [-0.05, 0) is 24.3 Å². The number of hydrogen-bond donors (Lipinski definition) is 1. The molecule has 33 heavy (non-hydrogen) atoms. The van der Waals surface area contributed by atoms with E-state index in [1.807, 2.05) is 30.3 Å². The van der Waals surface area contributed by atoms with Crippen LogP contribution in [0, 0.1) is 11.3 Å². The van der Waals surface area contributed by atoms with Crippen LogP contribution in [0.15, 0.2) is 71.8 Å². The Kier molecular flexibility index (Phi) is 4.88. The highest BCUT2D eigenvalue weighted by Gasteiger charge is 2.22. The summed E-state index contributed by atoms with van der Waals surface area (Å²) >= 11 is 0. The Bertz CT molecular complexity index is 1600. The first kappa shape index (κ1) is 20.1. The highest BCUT2D eigenvalue weighted by atomic mass is 16.1. The zero-order valence-corrected chi connectivity index (χ0v) is 17.7. The maximum absolute atomic E-state index is 12.0. The lowest BCUT2D eigenvalue weighted by Gasteiger charge is -2.14. The van der Waals surface area contributed by atoms with Crippen molar-refractivity contribution in [1.82, 2.24) is 29.1 Å². The molecular formula is C24H18N8O. The van der Waals surface area contributed by atoms with Crippen LogP contribution in [-0.2, 0) is 13.5 Å². The van der Waals surface area contributed by atoms with Crippen molar-refractivity contribution in [2.45, 2.75) is 6.42 Å². The molecule has 5 rings (SSSR count). The number of nitrogens with zero attached hydrogens (tertiary/aromatic N) is 7. The zero-order chi connectivity index (χ0) is 22.9. The van der Waals surface area contributed by atoms with Crippen LogP contribution in [0.2, 0.25) is 0 Å². The summed E-state index contributed by atoms with van der Waals surface area (Å²) in [6, 6.07) is 18.2. The summed E-state index contributed by atoms with van der Waals surface area (Å²) in [6.45, 7) is 0. The van der Waals surface area contributed by atoms with Crippen LogP contribution in [0.3, 0.4) is 0 Å². The van der Waals surface area contributed by atoms with Crippen molar-refractivity contribution in [1.29, 1.82) is 5.26 Å². The molecule has 0 unspecified atom stereocenters. The number of anilines is 1. The van der Waals surface area contributed by atoms with Gasteiger partial charge in [0.15, 0.2) is 17.3 Å². The molecule has 0 saturated carbocycles. The zero-order valence-electron chi connectivity index (χ0n) is 17.7. The van der Waals surface area contributed by atoms with Crippen LogP contribution in [0.1, 0.15) is 17.1 Å². The van der Waals surface area contributed by atoms with Gasteiger partial charge in [-0.2, -0.15) is 10.4 Å². The number of fused-ring (bicyclic) bond motifs is 1. The molecule has 2 N–H and O–H groups in total. The summed E-state index contributed by atoms with van der Waals surface area (Å²) in [4.78, 5) is 25.6. The minimum Gasteiger partial charge on any atom is -0.381 e. The van der Waals surface area contributed by atoms with E-state index < -0.39 is 0 Å². The summed E-state index contributed by atoms with van der Waals surface area (Å²) in [6.07, 6.45) is 3.83. The van der Waals surface area contributed by atoms with Crippen LogP contribution in [0.25, 0.3) is 28.2 Å². The van der Waals surface area contributed by atoms with Crippen molar-refractivity contribution in [3.8, 4) is 28.6 Å². The quantitative estimate of drug-likeness (QED) is 0.460. The second-order valence-corrected chi connectivity index (χ2v) is 7.48. The van der Waals surface area contributed by atoms with Crippen molar-refractivity contribution >= 4 is 11.5 Å². The summed E-state index contributed by atoms with van der Waals surface area (Å²) in [5.41, 5.74) is 10.2. The Morgan fingerprint density at radius 1 is 1.06 bits per heavy atom. The molecule has 4 aromatic heterocycles. The SMILES string of the molecule is Cn1cc(-c2c(-c3ccccc3C#N)nc(N)c3nc(Cc4ccccn4)nn23)ccc1=O. The van der Waals surface area contributed by atoms with Gasteiger partial charge in [0.05, 0.1) is 18.1 Å². The smallest absolute Gasteiger partial charge is 0.250 e. The van der Waals surface area contributed by atoms with E-state index in [9.17, 15) is 10.1 Å². The van der Waals surface area contributed by atoms with E-state index in [2.05, 4.69) is 21.0 Å². The Morgan fingerprint density at radius 2 is 1.88 bits per heavy atom. The number of hydrogen-bond acceptors (Lipinski definition) is 7. The number of aromatic nitrogens is 6. The van der Waals surface area contributed by atoms with E-state index in [0.29, 0.717) is 46.0 Å². The molecule has 0 saturated heterocycles. The summed E-state index contributed by atoms with van der Waals surface area (Å²) in [5, 5.41) is 14.4. The van der Waals surface area contributed by atoms with Crippen molar-refractivity contribution in [2.24, 2.45) is 7.05 Å². The molecular weight excluding hydrogens is 416 g/mol. The largest absolute Gasteiger partial charge is 0.381 e. The van der Waals surface area contributed by atoms with Gasteiger partial charge in [0.2, 0.25) is 5.56 Å². The molecule has 0 fully saturated rings. The van der Waals surface area contributed by atoms with Crippen LogP contribution < -0.4 is 11.3 Å². The number of nitrogen functional groups attached to an aromatic ring is 1. The first-order chi connectivity index (χ1) is 16.0. The standard InChI is InChI=1S/C24H18N8O/c1-31-14-16(9-10-20(31)33)22-21(18-8-3-2-6-15(18)13-25)29-23(26)24-28-19(30-32(22)24)12-17-7-4-5-11-27-17/h2-11,14H,12H2,1H3,(H2,26,29). The summed E-state index contributed by atoms with van der Waals surface area (Å²) in [5.74, 6) is 0.713. The first-order valence-electron chi connectivity index (χ1n) is 10.2. The molecule has 9 heteroatoms. The van der Waals surface area contributed by atoms with E-state index in [0.717, 1.165) is 5.69 Å². The number of rotatable bonds is 4. The number of pyridine rings is 2. The summed E-state index contributed by atoms with van der Waals surface area (Å²) < 4.78 is 3.10. The molecule has 160 valence electrons. The number of nitriles is 1. The fraction of sp³-hybridized carbons (Fsp3) is 0.0833. The lowest BCUT2D eigenvalue weighted by Crippen LogP contribution is -2.15. The Labute approximate surface area is 188 Å². The molecule has 0 bridgehead atoms. The maximum Gasteiger partial charge on any atom is 0.250 e. The third kappa shape index (κ3) is 3.59. The number of aryl methyl sites for hydroxylation is 1. The van der Waals surface area contributed by atoms with E-state index in [-0.39, 0.29) is 11.4 Å². The van der Waals surface area contributed by atoms with Gasteiger partial charge in [0.1, 0.15) is 11.4 Å². The maximum atomic E-state index is 12.0. The highest BCUT2D eigenvalue weighted by molar-refractivity contribution is 5.84.